The minimum Gasteiger partial charge on any atom is -0.275 e. The fourth-order valence-corrected chi connectivity index (χ4v) is 2.59. The van der Waals surface area contributed by atoms with E-state index in [2.05, 4.69) is 44.0 Å². The molecule has 0 atom stereocenters. The molecule has 4 nitrogen and oxygen atoms in total. The molecule has 0 aliphatic heterocycles. The van der Waals surface area contributed by atoms with Crippen molar-refractivity contribution < 1.29 is 0 Å². The first-order chi connectivity index (χ1) is 6.70. The lowest BCUT2D eigenvalue weighted by atomic mass is 10.2. The summed E-state index contributed by atoms with van der Waals surface area (Å²) in [5, 5.41) is 5.33. The molecule has 0 bridgehead atoms. The van der Waals surface area contributed by atoms with E-state index in [1.54, 1.807) is 0 Å². The smallest absolute Gasteiger partial charge is 0.203 e. The minimum atomic E-state index is 0.800. The van der Waals surface area contributed by atoms with Crippen LogP contribution >= 0.6 is 34.1 Å². The molecule has 74 valence electrons. The number of hydrogen-bond donors (Lipinski definition) is 0. The third-order valence-electron chi connectivity index (χ3n) is 1.87. The summed E-state index contributed by atoms with van der Waals surface area (Å²) in [6.45, 7) is 2.10. The highest BCUT2D eigenvalue weighted by Crippen LogP contribution is 2.25. The second-order valence-electron chi connectivity index (χ2n) is 2.89. The van der Waals surface area contributed by atoms with Crippen molar-refractivity contribution in [1.82, 2.24) is 19.1 Å². The first-order valence-electron chi connectivity index (χ1n) is 4.22. The lowest BCUT2D eigenvalue weighted by Gasteiger charge is -1.91. The zero-order valence-corrected chi connectivity index (χ0v) is 10.8. The average Bonchev–Trinajstić information content (AvgIpc) is 2.71. The molecule has 2 aromatic heterocycles. The summed E-state index contributed by atoms with van der Waals surface area (Å²) in [5.74, 6) is 0. The first-order valence-corrected chi connectivity index (χ1v) is 6.08. The Hall–Kier alpha value is -0.500. The highest BCUT2D eigenvalue weighted by atomic mass is 127. The molecule has 2 rings (SSSR count). The normalized spacial score (nSPS) is 10.8. The van der Waals surface area contributed by atoms with E-state index in [1.165, 1.54) is 11.5 Å². The fourth-order valence-electron chi connectivity index (χ4n) is 1.29. The molecule has 0 spiro atoms. The first kappa shape index (κ1) is 10.0. The summed E-state index contributed by atoms with van der Waals surface area (Å²) in [6, 6.07) is 0. The molecular weight excluding hydrogens is 311 g/mol. The lowest BCUT2D eigenvalue weighted by Crippen LogP contribution is -1.89. The van der Waals surface area contributed by atoms with E-state index in [9.17, 15) is 0 Å². The third kappa shape index (κ3) is 1.81. The van der Waals surface area contributed by atoms with Crippen LogP contribution in [0, 0.1) is 3.83 Å². The molecule has 0 fully saturated rings. The second kappa shape index (κ2) is 3.93. The van der Waals surface area contributed by atoms with E-state index in [1.807, 2.05) is 17.9 Å². The molecule has 0 N–H and O–H groups in total. The molecule has 6 heteroatoms. The maximum Gasteiger partial charge on any atom is 0.203 e. The Labute approximate surface area is 99.7 Å². The number of nitrogens with zero attached hydrogens (tertiary/aromatic N) is 4. The van der Waals surface area contributed by atoms with Gasteiger partial charge in [-0.3, -0.25) is 4.68 Å². The standard InChI is InChI=1S/C8H9IN4S/c1-3-6-5(4-13(2)11-6)7-10-8(9)12-14-7/h4H,3H2,1-2H3. The number of rotatable bonds is 2. The highest BCUT2D eigenvalue weighted by Gasteiger charge is 2.12. The van der Waals surface area contributed by atoms with Crippen molar-refractivity contribution in [2.24, 2.45) is 7.05 Å². The molecule has 0 aliphatic carbocycles. The van der Waals surface area contributed by atoms with Gasteiger partial charge in [-0.1, -0.05) is 6.92 Å². The van der Waals surface area contributed by atoms with Gasteiger partial charge in [0.15, 0.2) is 0 Å². The second-order valence-corrected chi connectivity index (χ2v) is 4.60. The van der Waals surface area contributed by atoms with E-state index in [4.69, 9.17) is 0 Å². The predicted molar refractivity (Wildman–Crippen MR) is 64.2 cm³/mol. The molecule has 0 saturated carbocycles. The van der Waals surface area contributed by atoms with E-state index in [-0.39, 0.29) is 0 Å². The van der Waals surface area contributed by atoms with E-state index in [0.717, 1.165) is 26.5 Å². The summed E-state index contributed by atoms with van der Waals surface area (Å²) < 4.78 is 6.78. The third-order valence-corrected chi connectivity index (χ3v) is 3.43. The largest absolute Gasteiger partial charge is 0.275 e. The van der Waals surface area contributed by atoms with Crippen LogP contribution < -0.4 is 0 Å². The molecule has 0 aromatic carbocycles. The Bertz CT molecular complexity index is 448. The van der Waals surface area contributed by atoms with Crippen LogP contribution in [0.1, 0.15) is 12.6 Å². The lowest BCUT2D eigenvalue weighted by molar-refractivity contribution is 0.746. The topological polar surface area (TPSA) is 43.6 Å². The minimum absolute atomic E-state index is 0.800. The summed E-state index contributed by atoms with van der Waals surface area (Å²) in [6.07, 6.45) is 2.92. The summed E-state index contributed by atoms with van der Waals surface area (Å²) in [4.78, 5) is 4.34. The van der Waals surface area contributed by atoms with Gasteiger partial charge in [0, 0.05) is 35.8 Å². The van der Waals surface area contributed by atoms with Crippen LogP contribution in [0.2, 0.25) is 0 Å². The van der Waals surface area contributed by atoms with Gasteiger partial charge in [0.05, 0.1) is 11.3 Å². The maximum absolute atomic E-state index is 4.37. The van der Waals surface area contributed by atoms with E-state index < -0.39 is 0 Å². The van der Waals surface area contributed by atoms with Crippen LogP contribution in [0.4, 0.5) is 0 Å². The molecule has 0 saturated heterocycles. The van der Waals surface area contributed by atoms with Crippen molar-refractivity contribution in [1.29, 1.82) is 0 Å². The molecule has 14 heavy (non-hydrogen) atoms. The number of aryl methyl sites for hydroxylation is 2. The Morgan fingerprint density at radius 2 is 2.36 bits per heavy atom. The van der Waals surface area contributed by atoms with Crippen molar-refractivity contribution in [2.45, 2.75) is 13.3 Å². The van der Waals surface area contributed by atoms with E-state index >= 15 is 0 Å². The highest BCUT2D eigenvalue weighted by molar-refractivity contribution is 14.1. The number of halogens is 1. The molecule has 0 radical (unpaired) electrons. The summed E-state index contributed by atoms with van der Waals surface area (Å²) >= 11 is 3.54. The van der Waals surface area contributed by atoms with E-state index in [0.29, 0.717) is 0 Å². The van der Waals surface area contributed by atoms with Crippen LogP contribution in [0.3, 0.4) is 0 Å². The van der Waals surface area contributed by atoms with Gasteiger partial charge < -0.3 is 0 Å². The van der Waals surface area contributed by atoms with Crippen molar-refractivity contribution in [3.8, 4) is 10.6 Å². The van der Waals surface area contributed by atoms with Crippen molar-refractivity contribution in [3.63, 3.8) is 0 Å². The number of hydrogen-bond acceptors (Lipinski definition) is 4. The molecule has 0 unspecified atom stereocenters. The number of aromatic nitrogens is 4. The van der Waals surface area contributed by atoms with Gasteiger partial charge in [-0.15, -0.1) is 0 Å². The van der Waals surface area contributed by atoms with Gasteiger partial charge in [-0.05, 0) is 18.0 Å². The Morgan fingerprint density at radius 3 is 2.93 bits per heavy atom. The van der Waals surface area contributed by atoms with Crippen LogP contribution in [-0.4, -0.2) is 19.1 Å². The van der Waals surface area contributed by atoms with Crippen molar-refractivity contribution >= 4 is 34.1 Å². The van der Waals surface area contributed by atoms with Gasteiger partial charge in [-0.25, -0.2) is 4.98 Å². The quantitative estimate of drug-likeness (QED) is 0.796. The molecule has 0 aliphatic rings. The zero-order valence-electron chi connectivity index (χ0n) is 7.86. The van der Waals surface area contributed by atoms with Gasteiger partial charge in [-0.2, -0.15) is 9.47 Å². The summed E-state index contributed by atoms with van der Waals surface area (Å²) in [7, 11) is 1.93. The fraction of sp³-hybridized carbons (Fsp3) is 0.375. The Balaban J connectivity index is 2.49. The van der Waals surface area contributed by atoms with Gasteiger partial charge >= 0.3 is 0 Å². The monoisotopic (exact) mass is 320 g/mol. The molecule has 2 heterocycles. The van der Waals surface area contributed by atoms with Crippen LogP contribution in [0.5, 0.6) is 0 Å². The van der Waals surface area contributed by atoms with Crippen LogP contribution in [0.15, 0.2) is 6.20 Å². The van der Waals surface area contributed by atoms with Crippen LogP contribution in [0.25, 0.3) is 10.6 Å². The van der Waals surface area contributed by atoms with Crippen molar-refractivity contribution in [3.05, 3.63) is 15.7 Å². The maximum atomic E-state index is 4.37. The average molecular weight is 320 g/mol. The van der Waals surface area contributed by atoms with Crippen molar-refractivity contribution in [2.75, 3.05) is 0 Å². The van der Waals surface area contributed by atoms with Gasteiger partial charge in [0.1, 0.15) is 5.01 Å². The Kier molecular flexibility index (Phi) is 2.82. The Morgan fingerprint density at radius 1 is 1.57 bits per heavy atom. The van der Waals surface area contributed by atoms with Crippen LogP contribution in [-0.2, 0) is 13.5 Å². The SMILES string of the molecule is CCc1nn(C)cc1-c1nc(I)ns1. The predicted octanol–water partition coefficient (Wildman–Crippen LogP) is 2.11. The van der Waals surface area contributed by atoms with Gasteiger partial charge in [0.2, 0.25) is 3.83 Å². The molecule has 2 aromatic rings. The summed E-state index contributed by atoms with van der Waals surface area (Å²) in [5.41, 5.74) is 2.19. The molecular formula is C8H9IN4S. The molecule has 0 amide bonds. The zero-order chi connectivity index (χ0) is 10.1. The van der Waals surface area contributed by atoms with Gasteiger partial charge in [0.25, 0.3) is 0 Å².